The molecule has 3 atom stereocenters. The van der Waals surface area contributed by atoms with Crippen molar-refractivity contribution < 1.29 is 9.59 Å². The Balaban J connectivity index is 2.20. The average molecular weight is 361 g/mol. The van der Waals surface area contributed by atoms with Gasteiger partial charge in [0.15, 0.2) is 0 Å². The Bertz CT molecular complexity index is 912. The quantitative estimate of drug-likeness (QED) is 0.834. The molecule has 1 N–H and O–H groups in total. The van der Waals surface area contributed by atoms with Crippen molar-refractivity contribution >= 4 is 34.1 Å². The summed E-state index contributed by atoms with van der Waals surface area (Å²) in [6, 6.07) is -0.722. The smallest absolute Gasteiger partial charge is 0.262 e. The van der Waals surface area contributed by atoms with Gasteiger partial charge in [-0.25, -0.2) is 4.98 Å². The third kappa shape index (κ3) is 2.90. The number of hydrogen-bond donors (Lipinski definition) is 1. The molecule has 2 aromatic rings. The molecule has 0 radical (unpaired) electrons. The highest BCUT2D eigenvalue weighted by molar-refractivity contribution is 7.11. The van der Waals surface area contributed by atoms with Crippen LogP contribution in [0.4, 0.5) is 0 Å². The summed E-state index contributed by atoms with van der Waals surface area (Å²) >= 11 is 1.53. The number of nitrogens with one attached hydrogen (secondary N) is 1. The van der Waals surface area contributed by atoms with Gasteiger partial charge in [-0.1, -0.05) is 27.7 Å². The Hall–Kier alpha value is -2.02. The van der Waals surface area contributed by atoms with Crippen molar-refractivity contribution in [2.24, 2.45) is 11.8 Å². The average Bonchev–Trinajstić information content (AvgIpc) is 2.90. The summed E-state index contributed by atoms with van der Waals surface area (Å²) in [6.45, 7) is 9.59. The second kappa shape index (κ2) is 6.37. The molecule has 1 fully saturated rings. The number of fused-ring (bicyclic) bond motifs is 1. The molecule has 25 heavy (non-hydrogen) atoms. The van der Waals surface area contributed by atoms with Gasteiger partial charge in [-0.2, -0.15) is 0 Å². The van der Waals surface area contributed by atoms with Gasteiger partial charge in [0, 0.05) is 16.2 Å². The first-order valence-electron chi connectivity index (χ1n) is 8.57. The monoisotopic (exact) mass is 361 g/mol. The van der Waals surface area contributed by atoms with Crippen LogP contribution < -0.4 is 10.9 Å². The molecular weight excluding hydrogens is 338 g/mol. The van der Waals surface area contributed by atoms with Crippen LogP contribution in [0.2, 0.25) is 0 Å². The van der Waals surface area contributed by atoms with E-state index in [1.54, 1.807) is 13.8 Å². The zero-order valence-corrected chi connectivity index (χ0v) is 15.9. The molecule has 7 heteroatoms. The van der Waals surface area contributed by atoms with Crippen LogP contribution in [0.3, 0.4) is 0 Å². The molecule has 0 aromatic carbocycles. The molecule has 134 valence electrons. The number of aryl methyl sites for hydroxylation is 1. The predicted molar refractivity (Wildman–Crippen MR) is 97.8 cm³/mol. The number of imide groups is 1. The van der Waals surface area contributed by atoms with E-state index in [4.69, 9.17) is 0 Å². The van der Waals surface area contributed by atoms with E-state index in [0.717, 1.165) is 10.4 Å². The molecule has 1 saturated heterocycles. The number of nitrogens with zero attached hydrogens (tertiary/aromatic N) is 2. The van der Waals surface area contributed by atoms with Gasteiger partial charge in [-0.15, -0.1) is 11.3 Å². The second-order valence-electron chi connectivity index (χ2n) is 7.26. The Kier molecular flexibility index (Phi) is 4.53. The van der Waals surface area contributed by atoms with Crippen LogP contribution >= 0.6 is 11.3 Å². The minimum Gasteiger partial charge on any atom is -0.294 e. The number of thiophene rings is 1. The van der Waals surface area contributed by atoms with Crippen LogP contribution in [0.25, 0.3) is 10.9 Å². The lowest BCUT2D eigenvalue weighted by atomic mass is 9.92. The van der Waals surface area contributed by atoms with Crippen LogP contribution in [0.1, 0.15) is 56.8 Å². The van der Waals surface area contributed by atoms with Crippen LogP contribution in [0.5, 0.6) is 0 Å². The fourth-order valence-electron chi connectivity index (χ4n) is 3.61. The summed E-state index contributed by atoms with van der Waals surface area (Å²) in [4.78, 5) is 43.4. The molecule has 1 aliphatic rings. The standard InChI is InChI=1S/C18H23N3O3S/c1-8(2)15-13-12(7-25-15)18(24)21(11(5)19-13)14-9(3)6-10(4)16(22)20-17(14)23/h7-10,14H,6H2,1-5H3,(H,20,22,23). The van der Waals surface area contributed by atoms with E-state index in [2.05, 4.69) is 24.1 Å². The Labute approximate surface area is 150 Å². The maximum absolute atomic E-state index is 13.1. The molecule has 3 heterocycles. The summed E-state index contributed by atoms with van der Waals surface area (Å²) in [7, 11) is 0. The topological polar surface area (TPSA) is 81.1 Å². The van der Waals surface area contributed by atoms with E-state index in [1.165, 1.54) is 15.9 Å². The molecule has 6 nitrogen and oxygen atoms in total. The SMILES string of the molecule is Cc1nc2c(C(C)C)scc2c(=O)n1C1C(=O)NC(=O)C(C)CC1C. The third-order valence-corrected chi connectivity index (χ3v) is 6.17. The van der Waals surface area contributed by atoms with Gasteiger partial charge in [-0.05, 0) is 25.2 Å². The number of carbonyl (C=O) groups is 2. The number of carbonyl (C=O) groups excluding carboxylic acids is 2. The van der Waals surface area contributed by atoms with E-state index < -0.39 is 11.9 Å². The molecule has 0 saturated carbocycles. The van der Waals surface area contributed by atoms with Crippen LogP contribution in [0.15, 0.2) is 10.2 Å². The number of rotatable bonds is 2. The Morgan fingerprint density at radius 3 is 2.56 bits per heavy atom. The first kappa shape index (κ1) is 17.8. The van der Waals surface area contributed by atoms with E-state index in [9.17, 15) is 14.4 Å². The molecule has 1 aliphatic heterocycles. The largest absolute Gasteiger partial charge is 0.294 e. The summed E-state index contributed by atoms with van der Waals surface area (Å²) in [5.41, 5.74) is 0.518. The fraction of sp³-hybridized carbons (Fsp3) is 0.556. The molecular formula is C18H23N3O3S. The number of hydrogen-bond acceptors (Lipinski definition) is 5. The van der Waals surface area contributed by atoms with Crippen LogP contribution in [-0.2, 0) is 9.59 Å². The Morgan fingerprint density at radius 2 is 1.92 bits per heavy atom. The molecule has 0 spiro atoms. The van der Waals surface area contributed by atoms with Gasteiger partial charge >= 0.3 is 0 Å². The normalized spacial score (nSPS) is 24.6. The maximum atomic E-state index is 13.1. The van der Waals surface area contributed by atoms with Gasteiger partial charge in [0.05, 0.1) is 10.9 Å². The summed E-state index contributed by atoms with van der Waals surface area (Å²) in [6.07, 6.45) is 0.549. The number of aromatic nitrogens is 2. The van der Waals surface area contributed by atoms with Crippen molar-refractivity contribution in [3.63, 3.8) is 0 Å². The van der Waals surface area contributed by atoms with E-state index in [0.29, 0.717) is 17.6 Å². The van der Waals surface area contributed by atoms with Crippen molar-refractivity contribution in [1.29, 1.82) is 0 Å². The second-order valence-corrected chi connectivity index (χ2v) is 8.17. The fourth-order valence-corrected chi connectivity index (χ4v) is 4.60. The summed E-state index contributed by atoms with van der Waals surface area (Å²) < 4.78 is 1.46. The zero-order chi connectivity index (χ0) is 18.5. The minimum absolute atomic E-state index is 0.139. The van der Waals surface area contributed by atoms with Gasteiger partial charge in [0.1, 0.15) is 11.9 Å². The molecule has 3 rings (SSSR count). The van der Waals surface area contributed by atoms with Gasteiger partial charge < -0.3 is 0 Å². The zero-order valence-electron chi connectivity index (χ0n) is 15.1. The van der Waals surface area contributed by atoms with Gasteiger partial charge in [0.2, 0.25) is 11.8 Å². The molecule has 0 bridgehead atoms. The van der Waals surface area contributed by atoms with E-state index in [1.807, 2.05) is 12.3 Å². The Morgan fingerprint density at radius 1 is 1.24 bits per heavy atom. The molecule has 0 aliphatic carbocycles. The maximum Gasteiger partial charge on any atom is 0.262 e. The highest BCUT2D eigenvalue weighted by Crippen LogP contribution is 2.32. The predicted octanol–water partition coefficient (Wildman–Crippen LogP) is 2.75. The lowest BCUT2D eigenvalue weighted by Gasteiger charge is -2.24. The van der Waals surface area contributed by atoms with Crippen molar-refractivity contribution in [2.45, 2.75) is 53.0 Å². The highest BCUT2D eigenvalue weighted by atomic mass is 32.1. The first-order valence-corrected chi connectivity index (χ1v) is 9.45. The van der Waals surface area contributed by atoms with Crippen LogP contribution in [-0.4, -0.2) is 21.4 Å². The highest BCUT2D eigenvalue weighted by Gasteiger charge is 2.36. The van der Waals surface area contributed by atoms with Crippen molar-refractivity contribution in [3.8, 4) is 0 Å². The van der Waals surface area contributed by atoms with E-state index >= 15 is 0 Å². The van der Waals surface area contributed by atoms with Crippen molar-refractivity contribution in [1.82, 2.24) is 14.9 Å². The lowest BCUT2D eigenvalue weighted by Crippen LogP contribution is -2.41. The lowest BCUT2D eigenvalue weighted by molar-refractivity contribution is -0.132. The third-order valence-electron chi connectivity index (χ3n) is 4.89. The van der Waals surface area contributed by atoms with Crippen molar-refractivity contribution in [3.05, 3.63) is 26.4 Å². The van der Waals surface area contributed by atoms with E-state index in [-0.39, 0.29) is 29.2 Å². The van der Waals surface area contributed by atoms with Gasteiger partial charge in [-0.3, -0.25) is 24.3 Å². The van der Waals surface area contributed by atoms with Crippen LogP contribution in [0, 0.1) is 18.8 Å². The molecule has 3 unspecified atom stereocenters. The minimum atomic E-state index is -0.722. The number of amides is 2. The summed E-state index contributed by atoms with van der Waals surface area (Å²) in [5, 5.41) is 4.80. The van der Waals surface area contributed by atoms with Crippen molar-refractivity contribution in [2.75, 3.05) is 0 Å². The summed E-state index contributed by atoms with van der Waals surface area (Å²) in [5.74, 6) is -0.315. The molecule has 2 aromatic heterocycles. The molecule has 2 amide bonds. The first-order chi connectivity index (χ1) is 11.7. The van der Waals surface area contributed by atoms with Gasteiger partial charge in [0.25, 0.3) is 5.56 Å².